The smallest absolute Gasteiger partial charge is 0.387 e. The number of aryl methyl sites for hydroxylation is 2. The van der Waals surface area contributed by atoms with Crippen molar-refractivity contribution in [1.82, 2.24) is 0 Å². The fourth-order valence-corrected chi connectivity index (χ4v) is 3.94. The molecule has 148 valence electrons. The van der Waals surface area contributed by atoms with Crippen LogP contribution in [0.2, 0.25) is 0 Å². The Morgan fingerprint density at radius 3 is 2.57 bits per heavy atom. The molecule has 0 heterocycles. The Labute approximate surface area is 159 Å². The Hall–Kier alpha value is -3.01. The molecule has 0 spiro atoms. The third-order valence-corrected chi connectivity index (χ3v) is 5.49. The fraction of sp³-hybridized carbons (Fsp3) is 0.222. The number of nitro benzene ring substituents is 1. The van der Waals surface area contributed by atoms with Crippen molar-refractivity contribution in [3.05, 3.63) is 68.1 Å². The molecule has 28 heavy (non-hydrogen) atoms. The molecule has 3 rings (SSSR count). The number of ether oxygens (including phenoxy) is 1. The largest absolute Gasteiger partial charge is 0.435 e. The molecule has 0 saturated heterocycles. The van der Waals surface area contributed by atoms with Crippen molar-refractivity contribution in [1.29, 1.82) is 0 Å². The third-order valence-electron chi connectivity index (χ3n) is 4.13. The summed E-state index contributed by atoms with van der Waals surface area (Å²) in [6.45, 7) is -1.32. The Kier molecular flexibility index (Phi) is 5.32. The quantitative estimate of drug-likeness (QED) is 0.402. The van der Waals surface area contributed by atoms with Gasteiger partial charge in [0.25, 0.3) is 0 Å². The van der Waals surface area contributed by atoms with Crippen molar-refractivity contribution in [2.45, 2.75) is 26.4 Å². The molecule has 10 heteroatoms. The molecule has 0 unspecified atom stereocenters. The number of benzene rings is 2. The Morgan fingerprint density at radius 2 is 1.89 bits per heavy atom. The molecule has 1 aliphatic carbocycles. The predicted octanol–water partition coefficient (Wildman–Crippen LogP) is 4.20. The molecule has 0 bridgehead atoms. The van der Waals surface area contributed by atoms with Gasteiger partial charge in [0, 0.05) is 6.07 Å². The summed E-state index contributed by atoms with van der Waals surface area (Å²) in [6, 6.07) is 8.16. The minimum absolute atomic E-state index is 0.0139. The summed E-state index contributed by atoms with van der Waals surface area (Å²) in [6.07, 6.45) is 1.69. The van der Waals surface area contributed by atoms with E-state index in [-0.39, 0.29) is 29.2 Å². The lowest BCUT2D eigenvalue weighted by molar-refractivity contribution is -0.385. The van der Waals surface area contributed by atoms with E-state index >= 15 is 0 Å². The van der Waals surface area contributed by atoms with Gasteiger partial charge in [0.05, 0.1) is 9.83 Å². The van der Waals surface area contributed by atoms with Gasteiger partial charge in [-0.15, -0.1) is 0 Å². The van der Waals surface area contributed by atoms with Crippen LogP contribution in [0.3, 0.4) is 0 Å². The van der Waals surface area contributed by atoms with Gasteiger partial charge in [0.15, 0.2) is 0 Å². The second-order valence-corrected chi connectivity index (χ2v) is 7.71. The van der Waals surface area contributed by atoms with Crippen molar-refractivity contribution < 1.29 is 31.0 Å². The number of nitrogens with zero attached hydrogens (tertiary/aromatic N) is 1. The lowest BCUT2D eigenvalue weighted by atomic mass is 9.97. The number of halogens is 2. The van der Waals surface area contributed by atoms with Crippen LogP contribution in [-0.4, -0.2) is 20.0 Å². The van der Waals surface area contributed by atoms with Gasteiger partial charge in [-0.2, -0.15) is 17.2 Å². The van der Waals surface area contributed by atoms with E-state index in [4.69, 9.17) is 4.18 Å². The van der Waals surface area contributed by atoms with E-state index in [1.54, 1.807) is 6.92 Å². The molecule has 2 aromatic carbocycles. The van der Waals surface area contributed by atoms with Crippen molar-refractivity contribution in [3.8, 4) is 11.5 Å². The molecule has 1 aliphatic rings. The third kappa shape index (κ3) is 4.28. The summed E-state index contributed by atoms with van der Waals surface area (Å²) in [5.74, 6) is -0.386. The van der Waals surface area contributed by atoms with Crippen LogP contribution in [-0.2, 0) is 16.5 Å². The highest BCUT2D eigenvalue weighted by Gasteiger charge is 2.27. The highest BCUT2D eigenvalue weighted by atomic mass is 32.2. The average molecular weight is 411 g/mol. The van der Waals surface area contributed by atoms with Crippen LogP contribution in [0.5, 0.6) is 11.5 Å². The van der Waals surface area contributed by atoms with Crippen LogP contribution in [0.15, 0.2) is 41.3 Å². The summed E-state index contributed by atoms with van der Waals surface area (Å²) in [4.78, 5) is 10.4. The van der Waals surface area contributed by atoms with Gasteiger partial charge in [0.1, 0.15) is 5.75 Å². The van der Waals surface area contributed by atoms with Crippen molar-refractivity contribution >= 4 is 21.9 Å². The zero-order valence-electron chi connectivity index (χ0n) is 14.6. The van der Waals surface area contributed by atoms with E-state index in [2.05, 4.69) is 4.74 Å². The molecule has 0 aromatic heterocycles. The molecular weight excluding hydrogens is 396 g/mol. The number of allylic oxidation sites excluding steroid dienone is 1. The minimum Gasteiger partial charge on any atom is -0.435 e. The lowest BCUT2D eigenvalue weighted by Crippen LogP contribution is -2.16. The summed E-state index contributed by atoms with van der Waals surface area (Å²) >= 11 is 0. The monoisotopic (exact) mass is 411 g/mol. The maximum Gasteiger partial charge on any atom is 0.387 e. The van der Waals surface area contributed by atoms with Gasteiger partial charge in [0.2, 0.25) is 5.75 Å². The molecular formula is C18H15F2NO6S. The highest BCUT2D eigenvalue weighted by molar-refractivity contribution is 7.91. The lowest BCUT2D eigenvalue weighted by Gasteiger charge is -2.18. The molecule has 0 radical (unpaired) electrons. The summed E-state index contributed by atoms with van der Waals surface area (Å²) < 4.78 is 59.2. The Balaban J connectivity index is 1.90. The number of hydrogen-bond acceptors (Lipinski definition) is 6. The van der Waals surface area contributed by atoms with E-state index in [9.17, 15) is 27.3 Å². The van der Waals surface area contributed by atoms with E-state index in [1.165, 1.54) is 42.5 Å². The van der Waals surface area contributed by atoms with Crippen molar-refractivity contribution in [3.63, 3.8) is 0 Å². The first-order valence-electron chi connectivity index (χ1n) is 8.13. The van der Waals surface area contributed by atoms with Crippen LogP contribution >= 0.6 is 0 Å². The van der Waals surface area contributed by atoms with E-state index < -0.39 is 27.3 Å². The molecule has 0 atom stereocenters. The van der Waals surface area contributed by atoms with E-state index in [0.29, 0.717) is 16.7 Å². The molecule has 0 amide bonds. The van der Waals surface area contributed by atoms with Crippen LogP contribution in [0.25, 0.3) is 6.08 Å². The SMILES string of the molecule is Cc1ccc(OS(=O)(=O)C2=Cc3ccc(OC(F)F)cc3CC2)c([N+](=O)[O-])c1. The fourth-order valence-electron chi connectivity index (χ4n) is 2.83. The number of alkyl halides is 2. The molecule has 0 saturated carbocycles. The molecule has 0 fully saturated rings. The van der Waals surface area contributed by atoms with Gasteiger partial charge in [-0.25, -0.2) is 0 Å². The molecule has 0 aliphatic heterocycles. The van der Waals surface area contributed by atoms with Crippen LogP contribution in [0, 0.1) is 17.0 Å². The minimum atomic E-state index is -4.27. The second kappa shape index (κ2) is 7.55. The maximum atomic E-state index is 12.6. The second-order valence-electron chi connectivity index (χ2n) is 6.12. The first kappa shape index (κ1) is 19.7. The van der Waals surface area contributed by atoms with E-state index in [1.807, 2.05) is 0 Å². The number of hydrogen-bond donors (Lipinski definition) is 0. The normalized spacial score (nSPS) is 13.6. The van der Waals surface area contributed by atoms with Crippen molar-refractivity contribution in [2.24, 2.45) is 0 Å². The van der Waals surface area contributed by atoms with E-state index in [0.717, 1.165) is 0 Å². The zero-order valence-corrected chi connectivity index (χ0v) is 15.4. The van der Waals surface area contributed by atoms with Gasteiger partial charge in [-0.3, -0.25) is 10.1 Å². The van der Waals surface area contributed by atoms with Gasteiger partial charge in [-0.05, 0) is 60.7 Å². The first-order valence-corrected chi connectivity index (χ1v) is 9.54. The highest BCUT2D eigenvalue weighted by Crippen LogP contribution is 2.34. The predicted molar refractivity (Wildman–Crippen MR) is 96.8 cm³/mol. The topological polar surface area (TPSA) is 95.7 Å². The van der Waals surface area contributed by atoms with Gasteiger partial charge < -0.3 is 8.92 Å². The van der Waals surface area contributed by atoms with Crippen LogP contribution < -0.4 is 8.92 Å². The Morgan fingerprint density at radius 1 is 1.14 bits per heavy atom. The number of fused-ring (bicyclic) bond motifs is 1. The average Bonchev–Trinajstić information content (AvgIpc) is 2.62. The van der Waals surface area contributed by atoms with Crippen LogP contribution in [0.4, 0.5) is 14.5 Å². The summed E-state index contributed by atoms with van der Waals surface area (Å²) in [5, 5.41) is 11.2. The maximum absolute atomic E-state index is 12.6. The number of nitro groups is 1. The van der Waals surface area contributed by atoms with Gasteiger partial charge in [-0.1, -0.05) is 12.1 Å². The van der Waals surface area contributed by atoms with Crippen molar-refractivity contribution in [2.75, 3.05) is 0 Å². The van der Waals surface area contributed by atoms with Crippen LogP contribution in [0.1, 0.15) is 23.1 Å². The van der Waals surface area contributed by atoms with Gasteiger partial charge >= 0.3 is 22.4 Å². The zero-order chi connectivity index (χ0) is 20.5. The molecule has 7 nitrogen and oxygen atoms in total. The molecule has 0 N–H and O–H groups in total. The Bertz CT molecular complexity index is 1070. The standard InChI is InChI=1S/C18H15F2NO6S/c1-11-2-7-17(16(8-11)21(22)23)27-28(24,25)15-6-4-12-9-14(26-18(19)20)5-3-13(12)10-15/h2-3,5,7-10,18H,4,6H2,1H3. The first-order chi connectivity index (χ1) is 13.2. The number of rotatable bonds is 6. The summed E-state index contributed by atoms with van der Waals surface area (Å²) in [5.41, 5.74) is 1.31. The molecule has 2 aromatic rings. The summed E-state index contributed by atoms with van der Waals surface area (Å²) in [7, 11) is -4.27.